The molecular weight excluding hydrogens is 452 g/mol. The van der Waals surface area contributed by atoms with E-state index in [1.54, 1.807) is 19.1 Å². The standard InChI is InChI=1S/C23H21ClN2O5S/c1-15-20(23(24)26(25-15)19-10-11-32(29,30)14-19)8-9-22(28)31-13-21(27)18-7-6-16-4-2-3-5-17(16)12-18/h2-9,12,19H,10-11,13-14H2,1H3/b9-8+/t19-/m0/s1. The fourth-order valence-corrected chi connectivity index (χ4v) is 5.78. The number of rotatable bonds is 6. The van der Waals surface area contributed by atoms with Crippen LogP contribution in [0.2, 0.25) is 5.15 Å². The summed E-state index contributed by atoms with van der Waals surface area (Å²) in [7, 11) is -3.08. The van der Waals surface area contributed by atoms with Crippen LogP contribution in [0, 0.1) is 6.92 Å². The Morgan fingerprint density at radius 2 is 1.97 bits per heavy atom. The number of carbonyl (C=O) groups is 2. The van der Waals surface area contributed by atoms with Crippen molar-refractivity contribution in [3.63, 3.8) is 0 Å². The van der Waals surface area contributed by atoms with E-state index in [9.17, 15) is 18.0 Å². The first-order chi connectivity index (χ1) is 15.2. The van der Waals surface area contributed by atoms with Gasteiger partial charge in [0.15, 0.2) is 22.2 Å². The molecule has 2 heterocycles. The van der Waals surface area contributed by atoms with Gasteiger partial charge in [0.05, 0.1) is 23.2 Å². The highest BCUT2D eigenvalue weighted by atomic mass is 35.5. The quantitative estimate of drug-likeness (QED) is 0.307. The number of ether oxygens (including phenoxy) is 1. The molecule has 4 rings (SSSR count). The summed E-state index contributed by atoms with van der Waals surface area (Å²) in [6, 6.07) is 12.7. The highest BCUT2D eigenvalue weighted by Crippen LogP contribution is 2.30. The molecule has 166 valence electrons. The highest BCUT2D eigenvalue weighted by Gasteiger charge is 2.31. The molecule has 0 unspecified atom stereocenters. The van der Waals surface area contributed by atoms with Crippen LogP contribution >= 0.6 is 11.6 Å². The number of Topliss-reactive ketones (excluding diaryl/α,β-unsaturated/α-hetero) is 1. The van der Waals surface area contributed by atoms with E-state index in [0.29, 0.717) is 23.2 Å². The molecule has 0 amide bonds. The number of hydrogen-bond donors (Lipinski definition) is 0. The summed E-state index contributed by atoms with van der Waals surface area (Å²) in [5, 5.41) is 6.55. The molecule has 2 aromatic carbocycles. The van der Waals surface area contributed by atoms with E-state index in [2.05, 4.69) is 5.10 Å². The number of carbonyl (C=O) groups excluding carboxylic acids is 2. The third-order valence-corrected chi connectivity index (χ3v) is 7.56. The first kappa shape index (κ1) is 22.2. The second-order valence-corrected chi connectivity index (χ2v) is 10.3. The van der Waals surface area contributed by atoms with Crippen LogP contribution in [0.1, 0.15) is 34.1 Å². The molecule has 0 aliphatic carbocycles. The Bertz CT molecular complexity index is 1340. The molecule has 1 saturated heterocycles. The molecule has 0 spiro atoms. The number of hydrogen-bond acceptors (Lipinski definition) is 6. The Balaban J connectivity index is 1.39. The molecule has 1 atom stereocenters. The molecule has 7 nitrogen and oxygen atoms in total. The van der Waals surface area contributed by atoms with Crippen LogP contribution in [0.5, 0.6) is 0 Å². The summed E-state index contributed by atoms with van der Waals surface area (Å²) in [6.45, 7) is 1.34. The van der Waals surface area contributed by atoms with Crippen molar-refractivity contribution in [2.75, 3.05) is 18.1 Å². The summed E-state index contributed by atoms with van der Waals surface area (Å²) in [4.78, 5) is 24.5. The van der Waals surface area contributed by atoms with Crippen LogP contribution in [0.4, 0.5) is 0 Å². The molecule has 1 aliphatic rings. The molecule has 32 heavy (non-hydrogen) atoms. The van der Waals surface area contributed by atoms with Gasteiger partial charge < -0.3 is 4.74 Å². The zero-order valence-corrected chi connectivity index (χ0v) is 18.9. The van der Waals surface area contributed by atoms with Crippen molar-refractivity contribution in [2.24, 2.45) is 0 Å². The van der Waals surface area contributed by atoms with Gasteiger partial charge in [0, 0.05) is 17.2 Å². The first-order valence-corrected chi connectivity index (χ1v) is 12.3. The number of ketones is 1. The highest BCUT2D eigenvalue weighted by molar-refractivity contribution is 7.91. The third-order valence-electron chi connectivity index (χ3n) is 5.43. The number of nitrogens with zero attached hydrogens (tertiary/aromatic N) is 2. The zero-order valence-electron chi connectivity index (χ0n) is 17.3. The molecule has 0 N–H and O–H groups in total. The van der Waals surface area contributed by atoms with E-state index in [4.69, 9.17) is 16.3 Å². The Labute approximate surface area is 190 Å². The van der Waals surface area contributed by atoms with Crippen molar-refractivity contribution in [3.05, 3.63) is 70.5 Å². The van der Waals surface area contributed by atoms with Gasteiger partial charge in [0.1, 0.15) is 5.15 Å². The lowest BCUT2D eigenvalue weighted by Crippen LogP contribution is -2.12. The Hall–Kier alpha value is -2.97. The van der Waals surface area contributed by atoms with Gasteiger partial charge >= 0.3 is 5.97 Å². The lowest BCUT2D eigenvalue weighted by molar-refractivity contribution is -0.136. The minimum Gasteiger partial charge on any atom is -0.454 e. The number of aromatic nitrogens is 2. The molecule has 1 aromatic heterocycles. The van der Waals surface area contributed by atoms with Gasteiger partial charge in [-0.2, -0.15) is 5.10 Å². The average Bonchev–Trinajstić information content (AvgIpc) is 3.27. The Morgan fingerprint density at radius 1 is 1.22 bits per heavy atom. The van der Waals surface area contributed by atoms with Crippen molar-refractivity contribution >= 4 is 50.0 Å². The maximum atomic E-state index is 12.4. The monoisotopic (exact) mass is 472 g/mol. The molecule has 0 radical (unpaired) electrons. The van der Waals surface area contributed by atoms with Crippen LogP contribution in [-0.4, -0.2) is 48.1 Å². The summed E-state index contributed by atoms with van der Waals surface area (Å²) >= 11 is 6.39. The Kier molecular flexibility index (Phi) is 6.17. The third kappa shape index (κ3) is 4.76. The van der Waals surface area contributed by atoms with Gasteiger partial charge in [-0.15, -0.1) is 0 Å². The van der Waals surface area contributed by atoms with Gasteiger partial charge in [-0.25, -0.2) is 17.9 Å². The van der Waals surface area contributed by atoms with E-state index < -0.39 is 15.8 Å². The van der Waals surface area contributed by atoms with Gasteiger partial charge in [-0.3, -0.25) is 4.79 Å². The van der Waals surface area contributed by atoms with E-state index in [-0.39, 0.29) is 35.1 Å². The van der Waals surface area contributed by atoms with Crippen molar-refractivity contribution < 1.29 is 22.7 Å². The van der Waals surface area contributed by atoms with Crippen LogP contribution in [-0.2, 0) is 19.4 Å². The number of halogens is 1. The van der Waals surface area contributed by atoms with Crippen molar-refractivity contribution in [1.29, 1.82) is 0 Å². The number of sulfone groups is 1. The first-order valence-electron chi connectivity index (χ1n) is 10.1. The maximum Gasteiger partial charge on any atom is 0.331 e. The minimum absolute atomic E-state index is 0.00405. The molecule has 9 heteroatoms. The number of fused-ring (bicyclic) bond motifs is 1. The predicted octanol–water partition coefficient (Wildman–Crippen LogP) is 3.80. The van der Waals surface area contributed by atoms with E-state index in [0.717, 1.165) is 10.8 Å². The SMILES string of the molecule is Cc1nn([C@H]2CCS(=O)(=O)C2)c(Cl)c1/C=C/C(=O)OCC(=O)c1ccc2ccccc2c1. The summed E-state index contributed by atoms with van der Waals surface area (Å²) in [5.74, 6) is -0.890. The summed E-state index contributed by atoms with van der Waals surface area (Å²) < 4.78 is 30.1. The van der Waals surface area contributed by atoms with Crippen molar-refractivity contribution in [2.45, 2.75) is 19.4 Å². The van der Waals surface area contributed by atoms with Gasteiger partial charge in [0.25, 0.3) is 0 Å². The Morgan fingerprint density at radius 3 is 2.69 bits per heavy atom. The molecule has 3 aromatic rings. The maximum absolute atomic E-state index is 12.4. The summed E-state index contributed by atoms with van der Waals surface area (Å²) in [5.41, 5.74) is 1.54. The van der Waals surface area contributed by atoms with Crippen LogP contribution in [0.15, 0.2) is 48.5 Å². The zero-order chi connectivity index (χ0) is 22.9. The average molecular weight is 473 g/mol. The molecule has 0 saturated carbocycles. The lowest BCUT2D eigenvalue weighted by atomic mass is 10.0. The molecule has 1 fully saturated rings. The molecule has 0 bridgehead atoms. The van der Waals surface area contributed by atoms with E-state index in [1.807, 2.05) is 30.3 Å². The van der Waals surface area contributed by atoms with Gasteiger partial charge in [-0.1, -0.05) is 48.0 Å². The van der Waals surface area contributed by atoms with E-state index >= 15 is 0 Å². The van der Waals surface area contributed by atoms with Crippen LogP contribution < -0.4 is 0 Å². The largest absolute Gasteiger partial charge is 0.454 e. The number of benzene rings is 2. The lowest BCUT2D eigenvalue weighted by Gasteiger charge is -2.09. The van der Waals surface area contributed by atoms with Crippen molar-refractivity contribution in [1.82, 2.24) is 9.78 Å². The van der Waals surface area contributed by atoms with E-state index in [1.165, 1.54) is 16.8 Å². The minimum atomic E-state index is -3.08. The normalized spacial score (nSPS) is 17.8. The summed E-state index contributed by atoms with van der Waals surface area (Å²) in [6.07, 6.45) is 3.10. The number of aryl methyl sites for hydroxylation is 1. The molecule has 1 aliphatic heterocycles. The van der Waals surface area contributed by atoms with Crippen LogP contribution in [0.25, 0.3) is 16.8 Å². The fraction of sp³-hybridized carbons (Fsp3) is 0.261. The molecular formula is C23H21ClN2O5S. The second-order valence-electron chi connectivity index (χ2n) is 7.72. The number of esters is 1. The fourth-order valence-electron chi connectivity index (χ4n) is 3.71. The predicted molar refractivity (Wildman–Crippen MR) is 123 cm³/mol. The van der Waals surface area contributed by atoms with Gasteiger partial charge in [-0.05, 0) is 36.3 Å². The smallest absolute Gasteiger partial charge is 0.331 e. The van der Waals surface area contributed by atoms with Crippen molar-refractivity contribution in [3.8, 4) is 0 Å². The van der Waals surface area contributed by atoms with Gasteiger partial charge in [0.2, 0.25) is 0 Å². The van der Waals surface area contributed by atoms with Crippen LogP contribution in [0.3, 0.4) is 0 Å². The topological polar surface area (TPSA) is 95.3 Å². The second kappa shape index (κ2) is 8.88.